The molecule has 0 radical (unpaired) electrons. The summed E-state index contributed by atoms with van der Waals surface area (Å²) in [5.74, 6) is 0.193. The summed E-state index contributed by atoms with van der Waals surface area (Å²) in [5, 5.41) is 0. The van der Waals surface area contributed by atoms with Crippen LogP contribution in [0.3, 0.4) is 0 Å². The molecule has 4 bridgehead atoms. The summed E-state index contributed by atoms with van der Waals surface area (Å²) >= 11 is 0. The second-order valence-corrected chi connectivity index (χ2v) is 9.06. The maximum Gasteiger partial charge on any atom is 0.309 e. The molecule has 0 heterocycles. The minimum absolute atomic E-state index is 0.0228. The van der Waals surface area contributed by atoms with Crippen LogP contribution in [0, 0.1) is 34.0 Å². The van der Waals surface area contributed by atoms with Crippen molar-refractivity contribution in [1.82, 2.24) is 0 Å². The Morgan fingerprint density at radius 3 is 2.75 bits per heavy atom. The lowest BCUT2D eigenvalue weighted by Crippen LogP contribution is -2.44. The molecule has 0 unspecified atom stereocenters. The van der Waals surface area contributed by atoms with E-state index in [0.717, 1.165) is 32.1 Å². The molecular formula is C20H24O4. The molecule has 24 heavy (non-hydrogen) atoms. The SMILES string of the molecule is COC(=O)[C@H]1[C@H]2[C@@]3(CCC[C@]2(C)C(=O)C3)C2=CC[C@@H]3C[C@@]21CC3=O. The van der Waals surface area contributed by atoms with E-state index in [9.17, 15) is 14.4 Å². The van der Waals surface area contributed by atoms with E-state index >= 15 is 0 Å². The predicted octanol–water partition coefficient (Wildman–Crippen LogP) is 2.85. The van der Waals surface area contributed by atoms with E-state index in [4.69, 9.17) is 4.74 Å². The fourth-order valence-corrected chi connectivity index (χ4v) is 7.65. The first kappa shape index (κ1) is 14.9. The number of hydrogen-bond acceptors (Lipinski definition) is 4. The van der Waals surface area contributed by atoms with E-state index in [2.05, 4.69) is 13.0 Å². The number of methoxy groups -OCH3 is 1. The van der Waals surface area contributed by atoms with Gasteiger partial charge in [-0.25, -0.2) is 0 Å². The monoisotopic (exact) mass is 328 g/mol. The summed E-state index contributed by atoms with van der Waals surface area (Å²) in [7, 11) is 1.44. The molecule has 128 valence electrons. The van der Waals surface area contributed by atoms with Gasteiger partial charge in [0.25, 0.3) is 0 Å². The first-order valence-electron chi connectivity index (χ1n) is 9.24. The van der Waals surface area contributed by atoms with Crippen LogP contribution in [-0.2, 0) is 19.1 Å². The Bertz CT molecular complexity index is 721. The average molecular weight is 328 g/mol. The van der Waals surface area contributed by atoms with Gasteiger partial charge in [-0.05, 0) is 31.6 Å². The fourth-order valence-electron chi connectivity index (χ4n) is 7.65. The quantitative estimate of drug-likeness (QED) is 0.548. The third-order valence-electron chi connectivity index (χ3n) is 8.33. The van der Waals surface area contributed by atoms with Crippen molar-refractivity contribution in [2.45, 2.75) is 51.9 Å². The number of carbonyl (C=O) groups is 3. The first-order chi connectivity index (χ1) is 11.4. The van der Waals surface area contributed by atoms with Gasteiger partial charge in [0.2, 0.25) is 0 Å². The van der Waals surface area contributed by atoms with E-state index in [1.165, 1.54) is 12.7 Å². The Balaban J connectivity index is 1.78. The molecule has 0 saturated heterocycles. The molecule has 4 nitrogen and oxygen atoms in total. The van der Waals surface area contributed by atoms with Gasteiger partial charge in [-0.2, -0.15) is 0 Å². The Hall–Kier alpha value is -1.45. The van der Waals surface area contributed by atoms with Gasteiger partial charge in [0.1, 0.15) is 11.6 Å². The van der Waals surface area contributed by atoms with Crippen molar-refractivity contribution in [2.75, 3.05) is 7.11 Å². The number of esters is 1. The van der Waals surface area contributed by atoms with E-state index in [1.807, 2.05) is 0 Å². The molecule has 0 aromatic carbocycles. The van der Waals surface area contributed by atoms with E-state index in [1.54, 1.807) is 0 Å². The number of ether oxygens (including phenoxy) is 1. The fraction of sp³-hybridized carbons (Fsp3) is 0.750. The van der Waals surface area contributed by atoms with Gasteiger partial charge in [0, 0.05) is 35.0 Å². The zero-order chi connectivity index (χ0) is 16.9. The lowest BCUT2D eigenvalue weighted by atomic mass is 9.59. The molecule has 5 aliphatic carbocycles. The lowest BCUT2D eigenvalue weighted by Gasteiger charge is -2.42. The molecule has 0 aromatic heterocycles. The lowest BCUT2D eigenvalue weighted by molar-refractivity contribution is -0.155. The predicted molar refractivity (Wildman–Crippen MR) is 85.9 cm³/mol. The Morgan fingerprint density at radius 2 is 2.00 bits per heavy atom. The number of carbonyl (C=O) groups excluding carboxylic acids is 3. The largest absolute Gasteiger partial charge is 0.469 e. The van der Waals surface area contributed by atoms with Crippen molar-refractivity contribution in [2.24, 2.45) is 34.0 Å². The molecule has 5 aliphatic rings. The van der Waals surface area contributed by atoms with Crippen LogP contribution in [0.4, 0.5) is 0 Å². The number of rotatable bonds is 1. The summed E-state index contributed by atoms with van der Waals surface area (Å²) in [4.78, 5) is 38.4. The normalized spacial score (nSPS) is 51.2. The molecule has 5 rings (SSSR count). The van der Waals surface area contributed by atoms with Crippen LogP contribution in [0.25, 0.3) is 0 Å². The molecule has 0 aliphatic heterocycles. The summed E-state index contributed by atoms with van der Waals surface area (Å²) in [5.41, 5.74) is 0.322. The maximum absolute atomic E-state index is 12.9. The molecular weight excluding hydrogens is 304 g/mol. The topological polar surface area (TPSA) is 60.4 Å². The van der Waals surface area contributed by atoms with Crippen LogP contribution < -0.4 is 0 Å². The molecule has 4 fully saturated rings. The van der Waals surface area contributed by atoms with Crippen molar-refractivity contribution in [3.63, 3.8) is 0 Å². The molecule has 1 spiro atoms. The highest BCUT2D eigenvalue weighted by Crippen LogP contribution is 2.79. The van der Waals surface area contributed by atoms with Crippen molar-refractivity contribution in [1.29, 1.82) is 0 Å². The highest BCUT2D eigenvalue weighted by Gasteiger charge is 2.78. The van der Waals surface area contributed by atoms with Gasteiger partial charge in [-0.1, -0.05) is 25.0 Å². The van der Waals surface area contributed by atoms with Crippen molar-refractivity contribution in [3.05, 3.63) is 11.6 Å². The summed E-state index contributed by atoms with van der Waals surface area (Å²) < 4.78 is 5.23. The Kier molecular flexibility index (Phi) is 2.60. The van der Waals surface area contributed by atoms with Gasteiger partial charge in [-0.3, -0.25) is 14.4 Å². The highest BCUT2D eigenvalue weighted by molar-refractivity contribution is 5.95. The van der Waals surface area contributed by atoms with Crippen molar-refractivity contribution in [3.8, 4) is 0 Å². The van der Waals surface area contributed by atoms with Gasteiger partial charge in [0.05, 0.1) is 13.0 Å². The first-order valence-corrected chi connectivity index (χ1v) is 9.24. The number of ketones is 2. The van der Waals surface area contributed by atoms with E-state index < -0.39 is 5.41 Å². The summed E-state index contributed by atoms with van der Waals surface area (Å²) in [6.45, 7) is 2.07. The van der Waals surface area contributed by atoms with E-state index in [0.29, 0.717) is 24.4 Å². The maximum atomic E-state index is 12.9. The van der Waals surface area contributed by atoms with Crippen LogP contribution in [0.1, 0.15) is 51.9 Å². The van der Waals surface area contributed by atoms with Gasteiger partial charge >= 0.3 is 5.97 Å². The average Bonchev–Trinajstić information content (AvgIpc) is 2.99. The molecule has 4 heteroatoms. The Labute approximate surface area is 142 Å². The minimum Gasteiger partial charge on any atom is -0.469 e. The summed E-state index contributed by atoms with van der Waals surface area (Å²) in [6.07, 6.45) is 7.77. The molecule has 6 atom stereocenters. The highest BCUT2D eigenvalue weighted by atomic mass is 16.5. The smallest absolute Gasteiger partial charge is 0.309 e. The van der Waals surface area contributed by atoms with Crippen LogP contribution in [0.2, 0.25) is 0 Å². The van der Waals surface area contributed by atoms with Crippen LogP contribution in [0.5, 0.6) is 0 Å². The molecule has 0 amide bonds. The van der Waals surface area contributed by atoms with Crippen LogP contribution in [-0.4, -0.2) is 24.6 Å². The molecule has 4 saturated carbocycles. The number of fused-ring (bicyclic) bond motifs is 1. The zero-order valence-electron chi connectivity index (χ0n) is 14.4. The number of allylic oxidation sites excluding steroid dienone is 2. The summed E-state index contributed by atoms with van der Waals surface area (Å²) in [6, 6.07) is 0. The second-order valence-electron chi connectivity index (χ2n) is 9.06. The van der Waals surface area contributed by atoms with E-state index in [-0.39, 0.29) is 34.6 Å². The second kappa shape index (κ2) is 4.20. The van der Waals surface area contributed by atoms with Crippen LogP contribution in [0.15, 0.2) is 11.6 Å². The molecule has 0 aromatic rings. The minimum atomic E-state index is -0.425. The zero-order valence-corrected chi connectivity index (χ0v) is 14.4. The van der Waals surface area contributed by atoms with Crippen molar-refractivity contribution < 1.29 is 19.1 Å². The number of Topliss-reactive ketones (excluding diaryl/α,β-unsaturated/α-hetero) is 2. The van der Waals surface area contributed by atoms with Crippen LogP contribution >= 0.6 is 0 Å². The van der Waals surface area contributed by atoms with Gasteiger partial charge in [0.15, 0.2) is 0 Å². The molecule has 0 N–H and O–H groups in total. The number of hydrogen-bond donors (Lipinski definition) is 0. The van der Waals surface area contributed by atoms with Gasteiger partial charge in [-0.15, -0.1) is 0 Å². The Morgan fingerprint density at radius 1 is 1.21 bits per heavy atom. The van der Waals surface area contributed by atoms with Crippen molar-refractivity contribution >= 4 is 17.5 Å². The third kappa shape index (κ3) is 1.34. The standard InChI is InChI=1S/C20H24O4/c1-18-6-3-7-19(10-14(18)22)13-5-4-11-8-20(13,9-12(11)21)15(16(18)19)17(23)24-2/h5,11,15-16H,3-4,6-10H2,1-2H3/t11-,15-,16-,18-,19-,20-/m1/s1. The van der Waals surface area contributed by atoms with Gasteiger partial charge < -0.3 is 4.74 Å². The third-order valence-corrected chi connectivity index (χ3v) is 8.33.